The van der Waals surface area contributed by atoms with Gasteiger partial charge in [0, 0.05) is 17.4 Å². The number of hydrogen-bond acceptors (Lipinski definition) is 3. The average Bonchev–Trinajstić information content (AvgIpc) is 2.69. The number of carbonyl (C=O) groups is 2. The van der Waals surface area contributed by atoms with Crippen LogP contribution in [0.25, 0.3) is 6.08 Å². The van der Waals surface area contributed by atoms with Crippen molar-refractivity contribution in [2.75, 3.05) is 12.4 Å². The summed E-state index contributed by atoms with van der Waals surface area (Å²) < 4.78 is 0. The van der Waals surface area contributed by atoms with Crippen LogP contribution in [-0.2, 0) is 4.79 Å². The van der Waals surface area contributed by atoms with Crippen molar-refractivity contribution in [2.24, 2.45) is 0 Å². The Bertz CT molecular complexity index is 581. The molecule has 2 rings (SSSR count). The Morgan fingerprint density at radius 1 is 1.15 bits per heavy atom. The lowest BCUT2D eigenvalue weighted by molar-refractivity contribution is -0.122. The number of rotatable bonds is 4. The maximum atomic E-state index is 12.1. The van der Waals surface area contributed by atoms with Crippen LogP contribution in [0.5, 0.6) is 0 Å². The number of carbonyl (C=O) groups excluding carboxylic acids is 2. The molecule has 1 aromatic carbocycles. The number of benzene rings is 1. The molecule has 0 atom stereocenters. The van der Waals surface area contributed by atoms with Gasteiger partial charge >= 0.3 is 0 Å². The highest BCUT2D eigenvalue weighted by Crippen LogP contribution is 2.32. The van der Waals surface area contributed by atoms with Crippen molar-refractivity contribution < 1.29 is 9.59 Å². The molecule has 0 N–H and O–H groups in total. The van der Waals surface area contributed by atoms with E-state index >= 15 is 0 Å². The summed E-state index contributed by atoms with van der Waals surface area (Å²) in [6, 6.07) is 7.06. The number of nitrogens with zero attached hydrogens (tertiary/aromatic N) is 1. The first-order valence-corrected chi connectivity index (χ1v) is 7.56. The van der Waals surface area contributed by atoms with E-state index in [-0.39, 0.29) is 17.7 Å². The molecule has 1 aromatic rings. The van der Waals surface area contributed by atoms with Gasteiger partial charge in [0.1, 0.15) is 0 Å². The molecule has 1 aliphatic rings. The van der Waals surface area contributed by atoms with Crippen LogP contribution in [0.2, 0.25) is 5.02 Å². The number of thioether (sulfide) groups is 1. The van der Waals surface area contributed by atoms with E-state index in [9.17, 15) is 9.59 Å². The van der Waals surface area contributed by atoms with Gasteiger partial charge in [-0.3, -0.25) is 14.5 Å². The third-order valence-corrected chi connectivity index (χ3v) is 3.92. The second-order valence-electron chi connectivity index (χ2n) is 3.97. The summed E-state index contributed by atoms with van der Waals surface area (Å²) in [6.45, 7) is 0.245. The van der Waals surface area contributed by atoms with E-state index < -0.39 is 0 Å². The molecule has 0 radical (unpaired) electrons. The SMILES string of the molecule is O=C1S/C(=C\c2ccc(Cl)cc2)C(=O)N1C/C=C/CCl. The molecule has 0 spiro atoms. The Morgan fingerprint density at radius 2 is 1.85 bits per heavy atom. The molecule has 0 saturated carbocycles. The Kier molecular flexibility index (Phi) is 5.29. The number of hydrogen-bond donors (Lipinski definition) is 0. The second kappa shape index (κ2) is 6.97. The van der Waals surface area contributed by atoms with Crippen LogP contribution in [0.3, 0.4) is 0 Å². The fourth-order valence-electron chi connectivity index (χ4n) is 1.61. The Labute approximate surface area is 131 Å². The van der Waals surface area contributed by atoms with Crippen molar-refractivity contribution in [3.63, 3.8) is 0 Å². The summed E-state index contributed by atoms with van der Waals surface area (Å²) in [5.74, 6) is 0.0748. The highest BCUT2D eigenvalue weighted by atomic mass is 35.5. The first kappa shape index (κ1) is 15.2. The maximum absolute atomic E-state index is 12.1. The van der Waals surface area contributed by atoms with Gasteiger partial charge in [-0.05, 0) is 35.5 Å². The van der Waals surface area contributed by atoms with Gasteiger partial charge in [-0.25, -0.2) is 0 Å². The zero-order valence-electron chi connectivity index (χ0n) is 10.4. The summed E-state index contributed by atoms with van der Waals surface area (Å²) >= 11 is 12.2. The lowest BCUT2D eigenvalue weighted by Gasteiger charge is -2.08. The predicted octanol–water partition coefficient (Wildman–Crippen LogP) is 4.17. The van der Waals surface area contributed by atoms with E-state index in [0.717, 1.165) is 17.3 Å². The quantitative estimate of drug-likeness (QED) is 0.473. The Morgan fingerprint density at radius 3 is 2.50 bits per heavy atom. The third kappa shape index (κ3) is 3.66. The summed E-state index contributed by atoms with van der Waals surface area (Å²) in [5, 5.41) is 0.357. The van der Waals surface area contributed by atoms with Gasteiger partial charge in [-0.2, -0.15) is 0 Å². The molecule has 0 aliphatic carbocycles. The molecule has 3 nitrogen and oxygen atoms in total. The standard InChI is InChI=1S/C14H11Cl2NO2S/c15-7-1-2-8-17-13(18)12(20-14(17)19)9-10-3-5-11(16)6-4-10/h1-6,9H,7-8H2/b2-1+,12-9-. The van der Waals surface area contributed by atoms with Crippen molar-refractivity contribution in [1.82, 2.24) is 4.90 Å². The van der Waals surface area contributed by atoms with Gasteiger partial charge in [0.05, 0.1) is 4.91 Å². The molecule has 6 heteroatoms. The van der Waals surface area contributed by atoms with Crippen molar-refractivity contribution in [3.8, 4) is 0 Å². The van der Waals surface area contributed by atoms with E-state index in [4.69, 9.17) is 23.2 Å². The highest BCUT2D eigenvalue weighted by Gasteiger charge is 2.33. The molecule has 104 valence electrons. The minimum atomic E-state index is -0.283. The van der Waals surface area contributed by atoms with Crippen molar-refractivity contribution in [2.45, 2.75) is 0 Å². The van der Waals surface area contributed by atoms with E-state index in [2.05, 4.69) is 0 Å². The zero-order valence-corrected chi connectivity index (χ0v) is 12.7. The normalized spacial score (nSPS) is 17.7. The summed E-state index contributed by atoms with van der Waals surface area (Å²) in [7, 11) is 0. The zero-order chi connectivity index (χ0) is 14.5. The number of halogens is 2. The van der Waals surface area contributed by atoms with Gasteiger partial charge in [0.25, 0.3) is 11.1 Å². The Hall–Kier alpha value is -1.23. The van der Waals surface area contributed by atoms with Gasteiger partial charge in [-0.1, -0.05) is 35.9 Å². The smallest absolute Gasteiger partial charge is 0.268 e. The number of alkyl halides is 1. The lowest BCUT2D eigenvalue weighted by Crippen LogP contribution is -2.28. The summed E-state index contributed by atoms with van der Waals surface area (Å²) in [4.78, 5) is 25.5. The Balaban J connectivity index is 2.14. The fraction of sp³-hybridized carbons (Fsp3) is 0.143. The summed E-state index contributed by atoms with van der Waals surface area (Å²) in [6.07, 6.45) is 5.09. The topological polar surface area (TPSA) is 37.4 Å². The molecule has 0 bridgehead atoms. The van der Waals surface area contributed by atoms with E-state index in [1.807, 2.05) is 0 Å². The minimum Gasteiger partial charge on any atom is -0.268 e. The monoisotopic (exact) mass is 327 g/mol. The maximum Gasteiger partial charge on any atom is 0.293 e. The second-order valence-corrected chi connectivity index (χ2v) is 5.71. The first-order valence-electron chi connectivity index (χ1n) is 5.83. The van der Waals surface area contributed by atoms with Crippen LogP contribution < -0.4 is 0 Å². The molecule has 1 fully saturated rings. The first-order chi connectivity index (χ1) is 9.61. The number of amides is 2. The van der Waals surface area contributed by atoms with E-state index in [1.54, 1.807) is 42.5 Å². The van der Waals surface area contributed by atoms with E-state index in [1.165, 1.54) is 4.90 Å². The van der Waals surface area contributed by atoms with Gasteiger partial charge in [0.15, 0.2) is 0 Å². The molecule has 1 aliphatic heterocycles. The molecule has 2 amide bonds. The molecule has 1 saturated heterocycles. The lowest BCUT2D eigenvalue weighted by atomic mass is 10.2. The molecule has 0 unspecified atom stereocenters. The van der Waals surface area contributed by atoms with E-state index in [0.29, 0.717) is 15.8 Å². The van der Waals surface area contributed by atoms with Crippen molar-refractivity contribution in [1.29, 1.82) is 0 Å². The van der Waals surface area contributed by atoms with Crippen LogP contribution in [0.1, 0.15) is 5.56 Å². The molecular weight excluding hydrogens is 317 g/mol. The minimum absolute atomic E-state index is 0.245. The van der Waals surface area contributed by atoms with Crippen LogP contribution in [0.15, 0.2) is 41.3 Å². The van der Waals surface area contributed by atoms with Crippen LogP contribution in [0, 0.1) is 0 Å². The largest absolute Gasteiger partial charge is 0.293 e. The summed E-state index contributed by atoms with van der Waals surface area (Å²) in [5.41, 5.74) is 0.830. The average molecular weight is 328 g/mol. The third-order valence-electron chi connectivity index (χ3n) is 2.59. The highest BCUT2D eigenvalue weighted by molar-refractivity contribution is 8.18. The van der Waals surface area contributed by atoms with Crippen LogP contribution in [0.4, 0.5) is 4.79 Å². The van der Waals surface area contributed by atoms with Crippen molar-refractivity contribution >= 4 is 52.2 Å². The molecular formula is C14H11Cl2NO2S. The molecule has 0 aromatic heterocycles. The fourth-order valence-corrected chi connectivity index (χ4v) is 2.71. The molecule has 20 heavy (non-hydrogen) atoms. The predicted molar refractivity (Wildman–Crippen MR) is 84.0 cm³/mol. The molecule has 1 heterocycles. The van der Waals surface area contributed by atoms with Gasteiger partial charge in [-0.15, -0.1) is 11.6 Å². The number of imide groups is 1. The van der Waals surface area contributed by atoms with Gasteiger partial charge < -0.3 is 0 Å². The van der Waals surface area contributed by atoms with Crippen molar-refractivity contribution in [3.05, 3.63) is 51.9 Å². The number of allylic oxidation sites excluding steroid dienone is 1. The van der Waals surface area contributed by atoms with Gasteiger partial charge in [0.2, 0.25) is 0 Å². The van der Waals surface area contributed by atoms with Crippen LogP contribution in [-0.4, -0.2) is 28.5 Å². The van der Waals surface area contributed by atoms with Crippen LogP contribution >= 0.6 is 35.0 Å².